The van der Waals surface area contributed by atoms with E-state index in [-0.39, 0.29) is 0 Å². The summed E-state index contributed by atoms with van der Waals surface area (Å²) in [6.07, 6.45) is 2.18. The number of aryl methyl sites for hydroxylation is 1. The number of fused-ring (bicyclic) bond motifs is 1. The molecule has 1 heterocycles. The van der Waals surface area contributed by atoms with Crippen LogP contribution >= 0.6 is 0 Å². The highest BCUT2D eigenvalue weighted by molar-refractivity contribution is 6.38. The molecule has 0 aliphatic heterocycles. The molecule has 0 radical (unpaired) electrons. The molecule has 2 aromatic rings. The molecule has 0 aliphatic rings. The fourth-order valence-electron chi connectivity index (χ4n) is 2.07. The van der Waals surface area contributed by atoms with Crippen molar-refractivity contribution in [3.8, 4) is 0 Å². The van der Waals surface area contributed by atoms with E-state index in [0.29, 0.717) is 5.56 Å². The third kappa shape index (κ3) is 3.16. The normalized spacial score (nSPS) is 10.6. The van der Waals surface area contributed by atoms with Crippen LogP contribution < -0.4 is 0 Å². The Morgan fingerprint density at radius 3 is 2.71 bits per heavy atom. The molecule has 0 N–H and O–H groups in total. The minimum absolute atomic E-state index is 0.387. The summed E-state index contributed by atoms with van der Waals surface area (Å²) in [5.41, 5.74) is 1.23. The van der Waals surface area contributed by atoms with Gasteiger partial charge in [-0.05, 0) is 12.5 Å². The lowest BCUT2D eigenvalue weighted by molar-refractivity contribution is -0.151. The molecule has 21 heavy (non-hydrogen) atoms. The Hall–Kier alpha value is -2.50. The van der Waals surface area contributed by atoms with Gasteiger partial charge in [0.25, 0.3) is 0 Å². The minimum Gasteiger partial charge on any atom is -0.463 e. The van der Waals surface area contributed by atoms with Gasteiger partial charge in [0.15, 0.2) is 5.78 Å². The van der Waals surface area contributed by atoms with Crippen LogP contribution in [0.25, 0.3) is 10.9 Å². The Morgan fingerprint density at radius 2 is 2.05 bits per heavy atom. The second kappa shape index (κ2) is 6.30. The molecular formula is C15H16N2O4. The van der Waals surface area contributed by atoms with Crippen molar-refractivity contribution in [3.05, 3.63) is 30.0 Å². The first-order valence-electron chi connectivity index (χ1n) is 6.66. The molecule has 1 aromatic heterocycles. The number of methoxy groups -OCH3 is 1. The summed E-state index contributed by atoms with van der Waals surface area (Å²) in [6, 6.07) is 5.11. The Morgan fingerprint density at radius 1 is 1.29 bits per heavy atom. The number of esters is 1. The van der Waals surface area contributed by atoms with Crippen molar-refractivity contribution in [2.75, 3.05) is 7.11 Å². The van der Waals surface area contributed by atoms with Gasteiger partial charge < -0.3 is 4.74 Å². The van der Waals surface area contributed by atoms with Crippen molar-refractivity contribution in [1.82, 2.24) is 9.78 Å². The number of aromatic nitrogens is 2. The number of carbonyl (C=O) groups is 3. The molecule has 0 aliphatic carbocycles. The van der Waals surface area contributed by atoms with E-state index >= 15 is 0 Å². The molecule has 0 saturated heterocycles. The highest BCUT2D eigenvalue weighted by Gasteiger charge is 2.19. The summed E-state index contributed by atoms with van der Waals surface area (Å²) >= 11 is 0. The standard InChI is InChI=1S/C15H16N2O4/c1-3-6-17-12-7-10(4-5-11(12)9-16-17)13(18)8-14(19)15(20)21-2/h4-5,7,9H,3,6,8H2,1-2H3. The van der Waals surface area contributed by atoms with Gasteiger partial charge in [-0.3, -0.25) is 14.3 Å². The van der Waals surface area contributed by atoms with Crippen LogP contribution in [0.5, 0.6) is 0 Å². The molecule has 110 valence electrons. The van der Waals surface area contributed by atoms with Crippen LogP contribution in [0.3, 0.4) is 0 Å². The Kier molecular flexibility index (Phi) is 4.47. The lowest BCUT2D eigenvalue weighted by atomic mass is 10.0. The zero-order chi connectivity index (χ0) is 15.4. The number of nitrogens with zero attached hydrogens (tertiary/aromatic N) is 2. The Balaban J connectivity index is 2.25. The quantitative estimate of drug-likeness (QED) is 0.350. The lowest BCUT2D eigenvalue weighted by Crippen LogP contribution is -2.19. The van der Waals surface area contributed by atoms with Crippen molar-refractivity contribution < 1.29 is 19.1 Å². The second-order valence-electron chi connectivity index (χ2n) is 4.66. The van der Waals surface area contributed by atoms with Gasteiger partial charge in [0.05, 0.1) is 25.2 Å². The number of ether oxygens (including phenoxy) is 1. The zero-order valence-electron chi connectivity index (χ0n) is 12.0. The maximum atomic E-state index is 12.1. The number of Topliss-reactive ketones (excluding diaryl/α,β-unsaturated/α-hetero) is 2. The monoisotopic (exact) mass is 288 g/mol. The van der Waals surface area contributed by atoms with Crippen molar-refractivity contribution in [3.63, 3.8) is 0 Å². The van der Waals surface area contributed by atoms with Crippen LogP contribution in [0.2, 0.25) is 0 Å². The summed E-state index contributed by atoms with van der Waals surface area (Å²) in [5, 5.41) is 5.18. The maximum Gasteiger partial charge on any atom is 0.374 e. The van der Waals surface area contributed by atoms with Crippen molar-refractivity contribution in [2.45, 2.75) is 26.3 Å². The number of hydrogen-bond donors (Lipinski definition) is 0. The van der Waals surface area contributed by atoms with Gasteiger partial charge in [0.2, 0.25) is 5.78 Å². The first-order chi connectivity index (χ1) is 10.1. The molecule has 6 heteroatoms. The predicted octanol–water partition coefficient (Wildman–Crippen LogP) is 1.76. The summed E-state index contributed by atoms with van der Waals surface area (Å²) < 4.78 is 6.12. The van der Waals surface area contributed by atoms with E-state index in [1.807, 2.05) is 11.6 Å². The van der Waals surface area contributed by atoms with E-state index in [0.717, 1.165) is 31.0 Å². The number of benzene rings is 1. The molecule has 0 atom stereocenters. The van der Waals surface area contributed by atoms with Crippen LogP contribution in [-0.2, 0) is 20.9 Å². The van der Waals surface area contributed by atoms with E-state index in [1.165, 1.54) is 0 Å². The number of ketones is 2. The van der Waals surface area contributed by atoms with Gasteiger partial charge in [-0.2, -0.15) is 5.10 Å². The third-order valence-corrected chi connectivity index (χ3v) is 3.14. The maximum absolute atomic E-state index is 12.1. The average molecular weight is 288 g/mol. The fourth-order valence-corrected chi connectivity index (χ4v) is 2.07. The molecule has 0 spiro atoms. The summed E-state index contributed by atoms with van der Waals surface area (Å²) in [4.78, 5) is 34.5. The molecule has 0 amide bonds. The third-order valence-electron chi connectivity index (χ3n) is 3.14. The summed E-state index contributed by atoms with van der Waals surface area (Å²) in [5.74, 6) is -2.25. The van der Waals surface area contributed by atoms with E-state index in [9.17, 15) is 14.4 Å². The highest BCUT2D eigenvalue weighted by atomic mass is 16.5. The van der Waals surface area contributed by atoms with Gasteiger partial charge in [-0.1, -0.05) is 19.1 Å². The first kappa shape index (κ1) is 14.9. The number of carbonyl (C=O) groups excluding carboxylic acids is 3. The molecule has 0 unspecified atom stereocenters. The van der Waals surface area contributed by atoms with E-state index in [1.54, 1.807) is 24.4 Å². The van der Waals surface area contributed by atoms with Gasteiger partial charge >= 0.3 is 5.97 Å². The smallest absolute Gasteiger partial charge is 0.374 e. The molecule has 1 aromatic carbocycles. The molecule has 0 saturated carbocycles. The molecule has 2 rings (SSSR count). The lowest BCUT2D eigenvalue weighted by Gasteiger charge is -2.03. The fraction of sp³-hybridized carbons (Fsp3) is 0.333. The van der Waals surface area contributed by atoms with Gasteiger partial charge in [-0.25, -0.2) is 4.79 Å². The molecule has 0 fully saturated rings. The van der Waals surface area contributed by atoms with E-state index < -0.39 is 24.0 Å². The van der Waals surface area contributed by atoms with Crippen molar-refractivity contribution in [2.24, 2.45) is 0 Å². The predicted molar refractivity (Wildman–Crippen MR) is 76.0 cm³/mol. The largest absolute Gasteiger partial charge is 0.463 e. The SMILES string of the molecule is CCCn1ncc2ccc(C(=O)CC(=O)C(=O)OC)cc21. The summed E-state index contributed by atoms with van der Waals surface area (Å²) in [6.45, 7) is 2.79. The summed E-state index contributed by atoms with van der Waals surface area (Å²) in [7, 11) is 1.11. The van der Waals surface area contributed by atoms with Crippen LogP contribution in [0, 0.1) is 0 Å². The molecular weight excluding hydrogens is 272 g/mol. The zero-order valence-corrected chi connectivity index (χ0v) is 12.0. The van der Waals surface area contributed by atoms with Crippen LogP contribution in [-0.4, -0.2) is 34.4 Å². The number of hydrogen-bond acceptors (Lipinski definition) is 5. The molecule has 6 nitrogen and oxygen atoms in total. The van der Waals surface area contributed by atoms with Gasteiger partial charge in [0.1, 0.15) is 0 Å². The van der Waals surface area contributed by atoms with Crippen LogP contribution in [0.4, 0.5) is 0 Å². The van der Waals surface area contributed by atoms with Crippen LogP contribution in [0.15, 0.2) is 24.4 Å². The topological polar surface area (TPSA) is 78.3 Å². The molecule has 0 bridgehead atoms. The van der Waals surface area contributed by atoms with Crippen LogP contribution in [0.1, 0.15) is 30.1 Å². The Labute approximate surface area is 121 Å². The average Bonchev–Trinajstić information content (AvgIpc) is 2.89. The van der Waals surface area contributed by atoms with Gasteiger partial charge in [-0.15, -0.1) is 0 Å². The number of rotatable bonds is 6. The Bertz CT molecular complexity index is 703. The van der Waals surface area contributed by atoms with E-state index in [4.69, 9.17) is 0 Å². The van der Waals surface area contributed by atoms with Gasteiger partial charge in [0, 0.05) is 17.5 Å². The minimum atomic E-state index is -1.000. The second-order valence-corrected chi connectivity index (χ2v) is 4.66. The highest BCUT2D eigenvalue weighted by Crippen LogP contribution is 2.17. The van der Waals surface area contributed by atoms with E-state index in [2.05, 4.69) is 9.84 Å². The van der Waals surface area contributed by atoms with Crippen molar-refractivity contribution >= 4 is 28.4 Å². The first-order valence-corrected chi connectivity index (χ1v) is 6.66. The van der Waals surface area contributed by atoms with Crippen molar-refractivity contribution in [1.29, 1.82) is 0 Å².